The summed E-state index contributed by atoms with van der Waals surface area (Å²) in [6, 6.07) is 2.83. The van der Waals surface area contributed by atoms with Gasteiger partial charge in [0.05, 0.1) is 0 Å². The molecule has 0 bridgehead atoms. The highest BCUT2D eigenvalue weighted by molar-refractivity contribution is 7.10. The van der Waals surface area contributed by atoms with Gasteiger partial charge >= 0.3 is 0 Å². The number of rotatable bonds is 3. The largest absolute Gasteiger partial charge is 0.312 e. The van der Waals surface area contributed by atoms with Crippen molar-refractivity contribution in [3.63, 3.8) is 0 Å². The van der Waals surface area contributed by atoms with Gasteiger partial charge in [-0.25, -0.2) is 0 Å². The van der Waals surface area contributed by atoms with Crippen LogP contribution in [0.4, 0.5) is 0 Å². The highest BCUT2D eigenvalue weighted by Gasteiger charge is 2.33. The summed E-state index contributed by atoms with van der Waals surface area (Å²) in [6.45, 7) is 9.45. The summed E-state index contributed by atoms with van der Waals surface area (Å²) in [5.74, 6) is 1.73. The smallest absolute Gasteiger partial charge is 0.0443 e. The van der Waals surface area contributed by atoms with Crippen LogP contribution in [0.2, 0.25) is 0 Å². The van der Waals surface area contributed by atoms with E-state index in [1.54, 1.807) is 4.88 Å². The Hall–Kier alpha value is -0.340. The Kier molecular flexibility index (Phi) is 4.73. The van der Waals surface area contributed by atoms with Crippen LogP contribution in [-0.4, -0.2) is 7.05 Å². The van der Waals surface area contributed by atoms with E-state index in [9.17, 15) is 0 Å². The van der Waals surface area contributed by atoms with E-state index in [1.165, 1.54) is 31.2 Å². The van der Waals surface area contributed by atoms with Gasteiger partial charge < -0.3 is 5.32 Å². The molecule has 0 aliphatic heterocycles. The fourth-order valence-corrected chi connectivity index (χ4v) is 4.73. The summed E-state index contributed by atoms with van der Waals surface area (Å²) in [5, 5.41) is 5.81. The van der Waals surface area contributed by atoms with E-state index in [0.717, 1.165) is 11.8 Å². The molecule has 1 aromatic rings. The summed E-state index contributed by atoms with van der Waals surface area (Å²) in [5.41, 5.74) is 1.95. The molecular formula is C17H29NS. The minimum absolute atomic E-state index is 0.485. The molecule has 19 heavy (non-hydrogen) atoms. The van der Waals surface area contributed by atoms with E-state index in [-0.39, 0.29) is 0 Å². The van der Waals surface area contributed by atoms with Crippen LogP contribution in [0.3, 0.4) is 0 Å². The summed E-state index contributed by atoms with van der Waals surface area (Å²) in [6.07, 6.45) is 5.56. The maximum Gasteiger partial charge on any atom is 0.0443 e. The average Bonchev–Trinajstić information content (AvgIpc) is 2.76. The molecule has 1 saturated carbocycles. The minimum Gasteiger partial charge on any atom is -0.312 e. The second kappa shape index (κ2) is 5.97. The average molecular weight is 279 g/mol. The van der Waals surface area contributed by atoms with Crippen LogP contribution in [0.1, 0.15) is 62.9 Å². The zero-order valence-corrected chi connectivity index (χ0v) is 13.9. The van der Waals surface area contributed by atoms with Crippen molar-refractivity contribution < 1.29 is 0 Å². The number of nitrogens with one attached hydrogen (secondary N) is 1. The fraction of sp³-hybridized carbons (Fsp3) is 0.765. The van der Waals surface area contributed by atoms with Crippen LogP contribution in [0, 0.1) is 24.2 Å². The number of aryl methyl sites for hydroxylation is 1. The molecule has 0 amide bonds. The van der Waals surface area contributed by atoms with Gasteiger partial charge in [0.25, 0.3) is 0 Å². The molecule has 2 heteroatoms. The second-order valence-corrected chi connectivity index (χ2v) is 8.16. The van der Waals surface area contributed by atoms with Crippen molar-refractivity contribution in [2.24, 2.45) is 17.3 Å². The lowest BCUT2D eigenvalue weighted by molar-refractivity contribution is 0.135. The molecule has 2 rings (SSSR count). The number of thiophene rings is 1. The van der Waals surface area contributed by atoms with Crippen molar-refractivity contribution in [2.75, 3.05) is 7.05 Å². The summed E-state index contributed by atoms with van der Waals surface area (Å²) >= 11 is 1.92. The Labute approximate surface area is 122 Å². The molecule has 1 aliphatic rings. The van der Waals surface area contributed by atoms with Gasteiger partial charge in [0.2, 0.25) is 0 Å². The normalized spacial score (nSPS) is 26.4. The van der Waals surface area contributed by atoms with Crippen molar-refractivity contribution in [1.82, 2.24) is 5.32 Å². The first-order chi connectivity index (χ1) is 8.93. The van der Waals surface area contributed by atoms with Gasteiger partial charge in [-0.05, 0) is 73.9 Å². The van der Waals surface area contributed by atoms with Crippen molar-refractivity contribution in [1.29, 1.82) is 0 Å². The van der Waals surface area contributed by atoms with Crippen LogP contribution in [0.25, 0.3) is 0 Å². The molecule has 0 radical (unpaired) electrons. The zero-order chi connectivity index (χ0) is 14.0. The molecule has 0 saturated heterocycles. The lowest BCUT2D eigenvalue weighted by atomic mass is 9.68. The predicted molar refractivity (Wildman–Crippen MR) is 85.8 cm³/mol. The van der Waals surface area contributed by atoms with Gasteiger partial charge in [0, 0.05) is 10.9 Å². The first-order valence-electron chi connectivity index (χ1n) is 7.64. The van der Waals surface area contributed by atoms with Gasteiger partial charge in [-0.2, -0.15) is 0 Å². The Balaban J connectivity index is 2.02. The second-order valence-electron chi connectivity index (χ2n) is 7.21. The number of hydrogen-bond donors (Lipinski definition) is 1. The maximum atomic E-state index is 3.58. The van der Waals surface area contributed by atoms with Crippen molar-refractivity contribution in [2.45, 2.75) is 59.4 Å². The molecule has 108 valence electrons. The number of hydrogen-bond acceptors (Lipinski definition) is 2. The quantitative estimate of drug-likeness (QED) is 0.805. The van der Waals surface area contributed by atoms with E-state index in [0.29, 0.717) is 11.5 Å². The monoisotopic (exact) mass is 279 g/mol. The first kappa shape index (κ1) is 15.1. The molecule has 1 atom stereocenters. The molecule has 1 unspecified atom stereocenters. The third-order valence-electron chi connectivity index (χ3n) is 4.96. The Morgan fingerprint density at radius 1 is 1.21 bits per heavy atom. The van der Waals surface area contributed by atoms with Crippen molar-refractivity contribution in [3.05, 3.63) is 21.9 Å². The van der Waals surface area contributed by atoms with Crippen molar-refractivity contribution in [3.8, 4) is 0 Å². The van der Waals surface area contributed by atoms with Gasteiger partial charge in [-0.15, -0.1) is 11.3 Å². The summed E-state index contributed by atoms with van der Waals surface area (Å²) in [7, 11) is 2.12. The standard InChI is InChI=1S/C17H29NS/c1-12-10-11-19-16(12)15(18-5)13-6-8-14(9-7-13)17(2,3)4/h10-11,13-15,18H,6-9H2,1-5H3. The maximum absolute atomic E-state index is 3.58. The van der Waals surface area contributed by atoms with Gasteiger partial charge in [-0.3, -0.25) is 0 Å². The van der Waals surface area contributed by atoms with Crippen LogP contribution in [-0.2, 0) is 0 Å². The predicted octanol–water partition coefficient (Wildman–Crippen LogP) is 5.17. The molecular weight excluding hydrogens is 250 g/mol. The molecule has 1 nitrogen and oxygen atoms in total. The summed E-state index contributed by atoms with van der Waals surface area (Å²) in [4.78, 5) is 1.56. The molecule has 0 aromatic carbocycles. The molecule has 1 N–H and O–H groups in total. The van der Waals surface area contributed by atoms with E-state index in [4.69, 9.17) is 0 Å². The summed E-state index contributed by atoms with van der Waals surface area (Å²) < 4.78 is 0. The Morgan fingerprint density at radius 2 is 1.84 bits per heavy atom. The van der Waals surface area contributed by atoms with Crippen LogP contribution in [0.5, 0.6) is 0 Å². The molecule has 0 spiro atoms. The van der Waals surface area contributed by atoms with Gasteiger partial charge in [0.1, 0.15) is 0 Å². The Morgan fingerprint density at radius 3 is 2.26 bits per heavy atom. The lowest BCUT2D eigenvalue weighted by Crippen LogP contribution is -2.32. The highest BCUT2D eigenvalue weighted by atomic mass is 32.1. The SMILES string of the molecule is CNC(c1sccc1C)C1CCC(C(C)(C)C)CC1. The van der Waals surface area contributed by atoms with Crippen LogP contribution in [0.15, 0.2) is 11.4 Å². The van der Waals surface area contributed by atoms with E-state index < -0.39 is 0 Å². The van der Waals surface area contributed by atoms with E-state index in [2.05, 4.69) is 51.5 Å². The van der Waals surface area contributed by atoms with E-state index in [1.807, 2.05) is 11.3 Å². The fourth-order valence-electron chi connectivity index (χ4n) is 3.60. The zero-order valence-electron chi connectivity index (χ0n) is 13.1. The lowest BCUT2D eigenvalue weighted by Gasteiger charge is -2.39. The van der Waals surface area contributed by atoms with Crippen LogP contribution >= 0.6 is 11.3 Å². The van der Waals surface area contributed by atoms with Crippen molar-refractivity contribution >= 4 is 11.3 Å². The minimum atomic E-state index is 0.485. The third kappa shape index (κ3) is 3.41. The molecule has 1 fully saturated rings. The van der Waals surface area contributed by atoms with Crippen LogP contribution < -0.4 is 5.32 Å². The highest BCUT2D eigenvalue weighted by Crippen LogP contribution is 2.44. The van der Waals surface area contributed by atoms with Gasteiger partial charge in [0.15, 0.2) is 0 Å². The van der Waals surface area contributed by atoms with E-state index >= 15 is 0 Å². The molecule has 1 aliphatic carbocycles. The molecule has 1 aromatic heterocycles. The third-order valence-corrected chi connectivity index (χ3v) is 6.07. The topological polar surface area (TPSA) is 12.0 Å². The van der Waals surface area contributed by atoms with Gasteiger partial charge in [-0.1, -0.05) is 20.8 Å². The Bertz CT molecular complexity index is 394. The first-order valence-corrected chi connectivity index (χ1v) is 8.52. The molecule has 1 heterocycles.